The van der Waals surface area contributed by atoms with E-state index in [0.717, 1.165) is 28.6 Å². The van der Waals surface area contributed by atoms with Crippen molar-refractivity contribution >= 4 is 35.1 Å². The number of nitrogens with one attached hydrogen (secondary N) is 2. The Bertz CT molecular complexity index is 1440. The number of urea groups is 1. The van der Waals surface area contributed by atoms with Crippen molar-refractivity contribution in [2.24, 2.45) is 0 Å². The Balaban J connectivity index is 1.56. The van der Waals surface area contributed by atoms with Crippen LogP contribution < -0.4 is 15.4 Å². The van der Waals surface area contributed by atoms with Gasteiger partial charge in [0, 0.05) is 10.8 Å². The number of rotatable bonds is 8. The average molecular weight is 562 g/mol. The molecule has 4 rings (SSSR count). The summed E-state index contributed by atoms with van der Waals surface area (Å²) >= 11 is 7.70. The largest absolute Gasteiger partial charge is 0.497 e. The van der Waals surface area contributed by atoms with Gasteiger partial charge in [-0.2, -0.15) is 13.2 Å². The third kappa shape index (κ3) is 6.59. The first-order valence-corrected chi connectivity index (χ1v) is 12.7. The third-order valence-corrected chi connectivity index (χ3v) is 6.74. The summed E-state index contributed by atoms with van der Waals surface area (Å²) in [5.41, 5.74) is 1.33. The van der Waals surface area contributed by atoms with Gasteiger partial charge in [0.2, 0.25) is 0 Å². The lowest BCUT2D eigenvalue weighted by atomic mass is 10.1. The highest BCUT2D eigenvalue weighted by molar-refractivity contribution is 7.98. The Morgan fingerprint density at radius 3 is 2.63 bits per heavy atom. The van der Waals surface area contributed by atoms with Gasteiger partial charge < -0.3 is 15.4 Å². The van der Waals surface area contributed by atoms with E-state index in [9.17, 15) is 18.0 Å². The molecule has 1 heterocycles. The number of thioether (sulfide) groups is 1. The first-order chi connectivity index (χ1) is 18.2. The van der Waals surface area contributed by atoms with E-state index in [1.807, 2.05) is 37.3 Å². The minimum atomic E-state index is -4.61. The zero-order chi connectivity index (χ0) is 27.3. The summed E-state index contributed by atoms with van der Waals surface area (Å²) in [5.74, 6) is 1.68. The van der Waals surface area contributed by atoms with Gasteiger partial charge in [-0.05, 0) is 54.4 Å². The fourth-order valence-corrected chi connectivity index (χ4v) is 4.72. The normalized spacial score (nSPS) is 11.3. The zero-order valence-electron chi connectivity index (χ0n) is 20.3. The second-order valence-electron chi connectivity index (χ2n) is 8.16. The van der Waals surface area contributed by atoms with Gasteiger partial charge in [-0.15, -0.1) is 10.2 Å². The lowest BCUT2D eigenvalue weighted by molar-refractivity contribution is -0.136. The summed E-state index contributed by atoms with van der Waals surface area (Å²) in [6.07, 6.45) is -4.61. The molecular weight excluding hydrogens is 539 g/mol. The van der Waals surface area contributed by atoms with E-state index >= 15 is 0 Å². The molecule has 12 heteroatoms. The van der Waals surface area contributed by atoms with Gasteiger partial charge in [0.15, 0.2) is 11.0 Å². The van der Waals surface area contributed by atoms with Crippen LogP contribution in [0.25, 0.3) is 5.69 Å². The fraction of sp³-hybridized carbons (Fsp3) is 0.192. The monoisotopic (exact) mass is 561 g/mol. The van der Waals surface area contributed by atoms with Crippen molar-refractivity contribution in [2.45, 2.75) is 30.6 Å². The molecule has 2 amide bonds. The smallest absolute Gasteiger partial charge is 0.418 e. The quantitative estimate of drug-likeness (QED) is 0.229. The van der Waals surface area contributed by atoms with Crippen LogP contribution in [0.3, 0.4) is 0 Å². The van der Waals surface area contributed by atoms with Crippen molar-refractivity contribution in [3.8, 4) is 11.4 Å². The summed E-state index contributed by atoms with van der Waals surface area (Å²) in [5, 5.41) is 14.5. The van der Waals surface area contributed by atoms with Gasteiger partial charge in [-0.3, -0.25) is 4.57 Å². The highest BCUT2D eigenvalue weighted by Gasteiger charge is 2.33. The fourth-order valence-electron chi connectivity index (χ4n) is 3.65. The molecule has 0 aliphatic carbocycles. The molecule has 0 radical (unpaired) electrons. The number of anilines is 1. The van der Waals surface area contributed by atoms with Gasteiger partial charge in [0.1, 0.15) is 5.75 Å². The predicted molar refractivity (Wildman–Crippen MR) is 141 cm³/mol. The van der Waals surface area contributed by atoms with Crippen molar-refractivity contribution in [2.75, 3.05) is 12.4 Å². The number of aromatic nitrogens is 3. The number of benzene rings is 3. The highest BCUT2D eigenvalue weighted by atomic mass is 35.5. The number of hydrogen-bond donors (Lipinski definition) is 2. The molecule has 0 fully saturated rings. The standard InChI is InChI=1S/C26H23ClF3N5O2S/c1-16-10-11-18(27)13-22(16)35-23(33-34-25(35)38-15-17-6-5-7-19(12-17)37-2)14-31-24(36)32-21-9-4-3-8-20(21)26(28,29)30/h3-13H,14-15H2,1-2H3,(H2,31,32,36). The second-order valence-corrected chi connectivity index (χ2v) is 9.54. The van der Waals surface area contributed by atoms with Gasteiger partial charge >= 0.3 is 12.2 Å². The van der Waals surface area contributed by atoms with Crippen LogP contribution in [0, 0.1) is 6.92 Å². The number of carbonyl (C=O) groups excluding carboxylic acids is 1. The van der Waals surface area contributed by atoms with Crippen LogP contribution >= 0.6 is 23.4 Å². The molecule has 38 heavy (non-hydrogen) atoms. The molecule has 0 saturated carbocycles. The lowest BCUT2D eigenvalue weighted by Gasteiger charge is -2.15. The van der Waals surface area contributed by atoms with Gasteiger partial charge in [0.25, 0.3) is 0 Å². The Hall–Kier alpha value is -3.70. The number of halogens is 4. The minimum absolute atomic E-state index is 0.0985. The van der Waals surface area contributed by atoms with Crippen molar-refractivity contribution in [1.82, 2.24) is 20.1 Å². The van der Waals surface area contributed by atoms with Crippen molar-refractivity contribution < 1.29 is 22.7 Å². The number of nitrogens with zero attached hydrogens (tertiary/aromatic N) is 3. The lowest BCUT2D eigenvalue weighted by Crippen LogP contribution is -2.30. The molecule has 7 nitrogen and oxygen atoms in total. The van der Waals surface area contributed by atoms with E-state index in [4.69, 9.17) is 16.3 Å². The van der Waals surface area contributed by atoms with Crippen LogP contribution in [0.4, 0.5) is 23.7 Å². The maximum atomic E-state index is 13.3. The van der Waals surface area contributed by atoms with E-state index in [1.54, 1.807) is 23.8 Å². The number of aryl methyl sites for hydroxylation is 1. The van der Waals surface area contributed by atoms with Crippen molar-refractivity contribution in [1.29, 1.82) is 0 Å². The van der Waals surface area contributed by atoms with E-state index in [0.29, 0.717) is 21.8 Å². The average Bonchev–Trinajstić information content (AvgIpc) is 3.30. The Morgan fingerprint density at radius 1 is 1.08 bits per heavy atom. The Morgan fingerprint density at radius 2 is 1.87 bits per heavy atom. The molecule has 4 aromatic rings. The summed E-state index contributed by atoms with van der Waals surface area (Å²) in [6, 6.07) is 17.0. The summed E-state index contributed by atoms with van der Waals surface area (Å²) < 4.78 is 46.9. The number of hydrogen-bond acceptors (Lipinski definition) is 5. The molecule has 0 spiro atoms. The van der Waals surface area contributed by atoms with Crippen molar-refractivity contribution in [3.05, 3.63) is 94.3 Å². The first-order valence-electron chi connectivity index (χ1n) is 11.3. The zero-order valence-corrected chi connectivity index (χ0v) is 21.9. The van der Waals surface area contributed by atoms with Gasteiger partial charge in [0.05, 0.1) is 30.6 Å². The Kier molecular flexibility index (Phi) is 8.48. The topological polar surface area (TPSA) is 81.1 Å². The number of carbonyl (C=O) groups is 1. The molecule has 1 aromatic heterocycles. The second kappa shape index (κ2) is 11.8. The van der Waals surface area contributed by atoms with Crippen LogP contribution in [-0.4, -0.2) is 27.9 Å². The van der Waals surface area contributed by atoms with E-state index in [1.165, 1.54) is 30.0 Å². The minimum Gasteiger partial charge on any atom is -0.497 e. The van der Waals surface area contributed by atoms with Crippen LogP contribution in [0.5, 0.6) is 5.75 Å². The van der Waals surface area contributed by atoms with Gasteiger partial charge in [-0.1, -0.05) is 53.7 Å². The van der Waals surface area contributed by atoms with Crippen molar-refractivity contribution in [3.63, 3.8) is 0 Å². The molecule has 0 aliphatic heterocycles. The molecule has 0 aliphatic rings. The molecule has 2 N–H and O–H groups in total. The summed E-state index contributed by atoms with van der Waals surface area (Å²) in [7, 11) is 1.60. The first kappa shape index (κ1) is 27.3. The van der Waals surface area contributed by atoms with Crippen LogP contribution in [0.2, 0.25) is 5.02 Å². The third-order valence-electron chi connectivity index (χ3n) is 5.50. The highest BCUT2D eigenvalue weighted by Crippen LogP contribution is 2.34. The summed E-state index contributed by atoms with van der Waals surface area (Å²) in [6.45, 7) is 1.80. The molecule has 198 valence electrons. The van der Waals surface area contributed by atoms with Crippen LogP contribution in [-0.2, 0) is 18.5 Å². The molecule has 0 unspecified atom stereocenters. The van der Waals surface area contributed by atoms with E-state index < -0.39 is 17.8 Å². The number of amides is 2. The Labute approximate surface area is 226 Å². The molecule has 0 atom stereocenters. The number of methoxy groups -OCH3 is 1. The molecule has 0 saturated heterocycles. The maximum Gasteiger partial charge on any atom is 0.418 e. The number of ether oxygens (including phenoxy) is 1. The summed E-state index contributed by atoms with van der Waals surface area (Å²) in [4.78, 5) is 12.5. The predicted octanol–water partition coefficient (Wildman–Crippen LogP) is 6.87. The van der Waals surface area contributed by atoms with Crippen LogP contribution in [0.15, 0.2) is 71.9 Å². The van der Waals surface area contributed by atoms with Gasteiger partial charge in [-0.25, -0.2) is 4.79 Å². The number of alkyl halides is 3. The van der Waals surface area contributed by atoms with E-state index in [-0.39, 0.29) is 12.2 Å². The maximum absolute atomic E-state index is 13.3. The molecule has 3 aromatic carbocycles. The molecule has 0 bridgehead atoms. The van der Waals surface area contributed by atoms with Crippen LogP contribution in [0.1, 0.15) is 22.5 Å². The number of para-hydroxylation sites is 1. The van der Waals surface area contributed by atoms with E-state index in [2.05, 4.69) is 20.8 Å². The molecular formula is C26H23ClF3N5O2S. The SMILES string of the molecule is COc1cccc(CSc2nnc(CNC(=O)Nc3ccccc3C(F)(F)F)n2-c2cc(Cl)ccc2C)c1.